The summed E-state index contributed by atoms with van der Waals surface area (Å²) in [7, 11) is 0. The average Bonchev–Trinajstić information content (AvgIpc) is 3.26. The second-order valence-corrected chi connectivity index (χ2v) is 7.58. The molecule has 1 fully saturated rings. The lowest BCUT2D eigenvalue weighted by atomic mass is 10.0. The molecular weight excluding hydrogens is 352 g/mol. The minimum atomic E-state index is -0.0437. The number of fused-ring (bicyclic) bond motifs is 1. The fraction of sp³-hybridized carbons (Fsp3) is 0.409. The second kappa shape index (κ2) is 8.00. The highest BCUT2D eigenvalue weighted by Gasteiger charge is 2.26. The third kappa shape index (κ3) is 3.86. The van der Waals surface area contributed by atoms with Gasteiger partial charge in [-0.2, -0.15) is 0 Å². The van der Waals surface area contributed by atoms with Crippen molar-refractivity contribution in [3.8, 4) is 0 Å². The van der Waals surface area contributed by atoms with E-state index in [-0.39, 0.29) is 11.8 Å². The van der Waals surface area contributed by atoms with Crippen LogP contribution in [-0.4, -0.2) is 46.2 Å². The number of anilines is 1. The number of aromatic nitrogens is 1. The highest BCUT2D eigenvalue weighted by molar-refractivity contribution is 5.98. The van der Waals surface area contributed by atoms with Crippen molar-refractivity contribution in [1.29, 1.82) is 0 Å². The van der Waals surface area contributed by atoms with E-state index in [1.165, 1.54) is 5.56 Å². The summed E-state index contributed by atoms with van der Waals surface area (Å²) in [4.78, 5) is 33.6. The number of benzene rings is 1. The topological polar surface area (TPSA) is 79.5 Å². The summed E-state index contributed by atoms with van der Waals surface area (Å²) in [6, 6.07) is 11.9. The molecule has 0 saturated carbocycles. The second-order valence-electron chi connectivity index (χ2n) is 7.58. The third-order valence-electron chi connectivity index (χ3n) is 5.65. The van der Waals surface area contributed by atoms with Gasteiger partial charge in [0.15, 0.2) is 0 Å². The highest BCUT2D eigenvalue weighted by Crippen LogP contribution is 2.24. The Kier molecular flexibility index (Phi) is 5.28. The predicted molar refractivity (Wildman–Crippen MR) is 108 cm³/mol. The molecule has 146 valence electrons. The maximum atomic E-state index is 12.8. The molecule has 3 heterocycles. The van der Waals surface area contributed by atoms with Crippen LogP contribution in [0.3, 0.4) is 0 Å². The Labute approximate surface area is 165 Å². The van der Waals surface area contributed by atoms with Crippen molar-refractivity contribution in [2.45, 2.75) is 38.6 Å². The normalized spacial score (nSPS) is 16.1. The summed E-state index contributed by atoms with van der Waals surface area (Å²) < 4.78 is 0. The van der Waals surface area contributed by atoms with E-state index in [4.69, 9.17) is 5.73 Å². The Bertz CT molecular complexity index is 876. The predicted octanol–water partition coefficient (Wildman–Crippen LogP) is 2.42. The number of aryl methyl sites for hydroxylation is 1. The molecule has 6 nitrogen and oxygen atoms in total. The van der Waals surface area contributed by atoms with Gasteiger partial charge in [0, 0.05) is 44.7 Å². The van der Waals surface area contributed by atoms with Gasteiger partial charge in [-0.05, 0) is 36.5 Å². The largest absolute Gasteiger partial charge is 0.383 e. The first kappa shape index (κ1) is 18.5. The lowest BCUT2D eigenvalue weighted by Crippen LogP contribution is -2.37. The molecule has 1 saturated heterocycles. The minimum absolute atomic E-state index is 0.0437. The summed E-state index contributed by atoms with van der Waals surface area (Å²) in [5.41, 5.74) is 9.57. The van der Waals surface area contributed by atoms with Crippen molar-refractivity contribution in [3.05, 3.63) is 58.8 Å². The van der Waals surface area contributed by atoms with Crippen molar-refractivity contribution in [2.75, 3.05) is 25.4 Å². The summed E-state index contributed by atoms with van der Waals surface area (Å²) >= 11 is 0. The molecule has 6 heteroatoms. The van der Waals surface area contributed by atoms with Gasteiger partial charge in [0.2, 0.25) is 5.91 Å². The molecule has 2 N–H and O–H groups in total. The van der Waals surface area contributed by atoms with Gasteiger partial charge in [0.1, 0.15) is 5.82 Å². The molecule has 2 aliphatic rings. The Balaban J connectivity index is 1.45. The zero-order valence-corrected chi connectivity index (χ0v) is 16.1. The van der Waals surface area contributed by atoms with E-state index < -0.39 is 0 Å². The first-order valence-corrected chi connectivity index (χ1v) is 10.0. The Morgan fingerprint density at radius 3 is 2.54 bits per heavy atom. The Hall–Kier alpha value is -2.89. The Morgan fingerprint density at radius 1 is 1.04 bits per heavy atom. The van der Waals surface area contributed by atoms with Crippen molar-refractivity contribution in [3.63, 3.8) is 0 Å². The molecule has 0 spiro atoms. The monoisotopic (exact) mass is 378 g/mol. The molecule has 0 atom stereocenters. The lowest BCUT2D eigenvalue weighted by Gasteiger charge is -2.29. The van der Waals surface area contributed by atoms with Crippen LogP contribution in [0, 0.1) is 0 Å². The zero-order valence-electron chi connectivity index (χ0n) is 16.1. The van der Waals surface area contributed by atoms with Crippen LogP contribution >= 0.6 is 0 Å². The van der Waals surface area contributed by atoms with Gasteiger partial charge in [-0.15, -0.1) is 0 Å². The van der Waals surface area contributed by atoms with E-state index in [1.807, 2.05) is 46.2 Å². The van der Waals surface area contributed by atoms with Crippen LogP contribution in [0.5, 0.6) is 0 Å². The average molecular weight is 378 g/mol. The first-order chi connectivity index (χ1) is 13.6. The number of carbonyl (C=O) groups excluding carboxylic acids is 2. The van der Waals surface area contributed by atoms with E-state index in [9.17, 15) is 9.59 Å². The molecule has 2 aliphatic heterocycles. The molecule has 28 heavy (non-hydrogen) atoms. The van der Waals surface area contributed by atoms with Crippen LogP contribution in [0.4, 0.5) is 5.82 Å². The van der Waals surface area contributed by atoms with Gasteiger partial charge in [-0.3, -0.25) is 9.59 Å². The highest BCUT2D eigenvalue weighted by atomic mass is 16.2. The van der Waals surface area contributed by atoms with Gasteiger partial charge >= 0.3 is 0 Å². The van der Waals surface area contributed by atoms with E-state index in [0.717, 1.165) is 43.6 Å². The summed E-state index contributed by atoms with van der Waals surface area (Å²) in [5.74, 6) is 0.399. The van der Waals surface area contributed by atoms with Crippen molar-refractivity contribution in [1.82, 2.24) is 14.8 Å². The SMILES string of the molecule is Nc1nc2c(cc1C(=O)N1CCCC1)CN(C(=O)CCc1ccccc1)CC2. The minimum Gasteiger partial charge on any atom is -0.383 e. The number of nitrogen functional groups attached to an aromatic ring is 1. The van der Waals surface area contributed by atoms with Crippen LogP contribution in [-0.2, 0) is 24.2 Å². The number of carbonyl (C=O) groups is 2. The molecule has 0 aliphatic carbocycles. The number of pyridine rings is 1. The van der Waals surface area contributed by atoms with E-state index in [0.29, 0.717) is 37.3 Å². The Morgan fingerprint density at radius 2 is 1.79 bits per heavy atom. The van der Waals surface area contributed by atoms with E-state index in [1.54, 1.807) is 0 Å². The zero-order chi connectivity index (χ0) is 19.5. The van der Waals surface area contributed by atoms with Gasteiger partial charge in [-0.25, -0.2) is 4.98 Å². The van der Waals surface area contributed by atoms with Crippen LogP contribution in [0.1, 0.15) is 46.4 Å². The van der Waals surface area contributed by atoms with Crippen molar-refractivity contribution >= 4 is 17.6 Å². The molecule has 0 bridgehead atoms. The number of nitrogens with two attached hydrogens (primary N) is 1. The maximum absolute atomic E-state index is 12.8. The van der Waals surface area contributed by atoms with Gasteiger partial charge < -0.3 is 15.5 Å². The van der Waals surface area contributed by atoms with Gasteiger partial charge in [-0.1, -0.05) is 30.3 Å². The maximum Gasteiger partial charge on any atom is 0.257 e. The van der Waals surface area contributed by atoms with Crippen molar-refractivity contribution in [2.24, 2.45) is 0 Å². The van der Waals surface area contributed by atoms with Crippen LogP contribution < -0.4 is 5.73 Å². The van der Waals surface area contributed by atoms with Gasteiger partial charge in [0.05, 0.1) is 5.56 Å². The summed E-state index contributed by atoms with van der Waals surface area (Å²) in [6.07, 6.45) is 3.97. The molecule has 0 unspecified atom stereocenters. The van der Waals surface area contributed by atoms with E-state index >= 15 is 0 Å². The van der Waals surface area contributed by atoms with Crippen LogP contribution in [0.2, 0.25) is 0 Å². The summed E-state index contributed by atoms with van der Waals surface area (Å²) in [6.45, 7) is 2.70. The fourth-order valence-electron chi connectivity index (χ4n) is 4.02. The molecular formula is C22H26N4O2. The van der Waals surface area contributed by atoms with Crippen LogP contribution in [0.15, 0.2) is 36.4 Å². The molecule has 2 aromatic rings. The van der Waals surface area contributed by atoms with E-state index in [2.05, 4.69) is 4.98 Å². The van der Waals surface area contributed by atoms with Crippen molar-refractivity contribution < 1.29 is 9.59 Å². The molecule has 0 radical (unpaired) electrons. The fourth-order valence-corrected chi connectivity index (χ4v) is 4.02. The number of likely N-dealkylation sites (tertiary alicyclic amines) is 1. The molecule has 2 amide bonds. The molecule has 1 aromatic heterocycles. The number of amides is 2. The smallest absolute Gasteiger partial charge is 0.257 e. The number of nitrogens with zero attached hydrogens (tertiary/aromatic N) is 3. The number of hydrogen-bond acceptors (Lipinski definition) is 4. The standard InChI is InChI=1S/C22H26N4O2/c23-21-18(22(28)25-11-4-5-12-25)14-17-15-26(13-10-19(17)24-21)20(27)9-8-16-6-2-1-3-7-16/h1-3,6-7,14H,4-5,8-13,15H2,(H2,23,24). The summed E-state index contributed by atoms with van der Waals surface area (Å²) in [5, 5.41) is 0. The molecule has 1 aromatic carbocycles. The van der Waals surface area contributed by atoms with Gasteiger partial charge in [0.25, 0.3) is 5.91 Å². The lowest BCUT2D eigenvalue weighted by molar-refractivity contribution is -0.132. The van der Waals surface area contributed by atoms with Crippen LogP contribution in [0.25, 0.3) is 0 Å². The molecule has 4 rings (SSSR count). The number of hydrogen-bond donors (Lipinski definition) is 1. The quantitative estimate of drug-likeness (QED) is 0.886. The first-order valence-electron chi connectivity index (χ1n) is 10.0. The number of rotatable bonds is 4. The third-order valence-corrected chi connectivity index (χ3v) is 5.65.